The first-order valence-electron chi connectivity index (χ1n) is 5.26. The van der Waals surface area contributed by atoms with Crippen LogP contribution in [-0.4, -0.2) is 36.7 Å². The molecule has 0 aromatic heterocycles. The van der Waals surface area contributed by atoms with E-state index in [4.69, 9.17) is 16.7 Å². The quantitative estimate of drug-likeness (QED) is 0.798. The Morgan fingerprint density at radius 3 is 2.72 bits per heavy atom. The number of aryl methyl sites for hydroxylation is 1. The van der Waals surface area contributed by atoms with Crippen molar-refractivity contribution in [2.75, 3.05) is 13.7 Å². The van der Waals surface area contributed by atoms with Gasteiger partial charge >= 0.3 is 5.97 Å². The van der Waals surface area contributed by atoms with Gasteiger partial charge in [0.25, 0.3) is 5.91 Å². The van der Waals surface area contributed by atoms with E-state index in [9.17, 15) is 9.59 Å². The van der Waals surface area contributed by atoms with E-state index in [0.29, 0.717) is 5.02 Å². The second-order valence-electron chi connectivity index (χ2n) is 3.67. The minimum absolute atomic E-state index is 0.249. The maximum absolute atomic E-state index is 11.9. The van der Waals surface area contributed by atoms with Gasteiger partial charge in [-0.25, -0.2) is 4.79 Å². The summed E-state index contributed by atoms with van der Waals surface area (Å²) in [5.74, 6) is -1.25. The van der Waals surface area contributed by atoms with Crippen molar-refractivity contribution in [2.24, 2.45) is 0 Å². The number of halogens is 1. The van der Waals surface area contributed by atoms with Crippen LogP contribution >= 0.6 is 11.6 Å². The van der Waals surface area contributed by atoms with Crippen molar-refractivity contribution in [3.63, 3.8) is 0 Å². The number of carbonyl (C=O) groups excluding carboxylic acids is 2. The van der Waals surface area contributed by atoms with Gasteiger partial charge in [0.15, 0.2) is 6.04 Å². The molecule has 98 valence electrons. The molecule has 6 heteroatoms. The molecular formula is C12H14ClNO4. The fourth-order valence-corrected chi connectivity index (χ4v) is 1.59. The third kappa shape index (κ3) is 3.21. The molecule has 0 saturated heterocycles. The smallest absolute Gasteiger partial charge is 0.330 e. The van der Waals surface area contributed by atoms with Crippen molar-refractivity contribution < 1.29 is 19.4 Å². The average molecular weight is 272 g/mol. The van der Waals surface area contributed by atoms with Crippen LogP contribution in [0.4, 0.5) is 0 Å². The molecule has 18 heavy (non-hydrogen) atoms. The zero-order valence-electron chi connectivity index (χ0n) is 10.1. The summed E-state index contributed by atoms with van der Waals surface area (Å²) in [5.41, 5.74) is 1.00. The lowest BCUT2D eigenvalue weighted by atomic mass is 10.1. The van der Waals surface area contributed by atoms with Gasteiger partial charge in [-0.15, -0.1) is 0 Å². The molecule has 1 atom stereocenters. The van der Waals surface area contributed by atoms with Crippen LogP contribution in [0.15, 0.2) is 18.2 Å². The molecule has 0 aliphatic rings. The molecule has 0 spiro atoms. The third-order valence-electron chi connectivity index (χ3n) is 2.41. The van der Waals surface area contributed by atoms with Gasteiger partial charge in [0.1, 0.15) is 0 Å². The minimum atomic E-state index is -1.10. The largest absolute Gasteiger partial charge is 0.467 e. The number of hydrogen-bond donors (Lipinski definition) is 2. The molecule has 0 fully saturated rings. The highest BCUT2D eigenvalue weighted by atomic mass is 35.5. The minimum Gasteiger partial charge on any atom is -0.467 e. The lowest BCUT2D eigenvalue weighted by Crippen LogP contribution is -2.44. The van der Waals surface area contributed by atoms with Gasteiger partial charge in [0.05, 0.1) is 24.3 Å². The van der Waals surface area contributed by atoms with Crippen molar-refractivity contribution in [2.45, 2.75) is 13.0 Å². The summed E-state index contributed by atoms with van der Waals surface area (Å²) in [7, 11) is 1.18. The van der Waals surface area contributed by atoms with Crippen molar-refractivity contribution in [1.82, 2.24) is 5.32 Å². The van der Waals surface area contributed by atoms with Crippen LogP contribution in [-0.2, 0) is 9.53 Å². The lowest BCUT2D eigenvalue weighted by molar-refractivity contribution is -0.143. The summed E-state index contributed by atoms with van der Waals surface area (Å²) in [5, 5.41) is 11.7. The number of benzene rings is 1. The van der Waals surface area contributed by atoms with Gasteiger partial charge in [-0.2, -0.15) is 0 Å². The van der Waals surface area contributed by atoms with Crippen LogP contribution in [0.3, 0.4) is 0 Å². The summed E-state index contributed by atoms with van der Waals surface area (Å²) in [6.07, 6.45) is 0. The first-order chi connectivity index (χ1) is 8.51. The number of aliphatic hydroxyl groups is 1. The first-order valence-corrected chi connectivity index (χ1v) is 5.63. The molecule has 0 bridgehead atoms. The number of esters is 1. The molecule has 0 heterocycles. The van der Waals surface area contributed by atoms with Crippen molar-refractivity contribution in [3.05, 3.63) is 34.3 Å². The van der Waals surface area contributed by atoms with Crippen LogP contribution in [0, 0.1) is 6.92 Å². The highest BCUT2D eigenvalue weighted by Crippen LogP contribution is 2.20. The SMILES string of the molecule is COC(=O)C(CO)NC(=O)c1cccc(C)c1Cl. The van der Waals surface area contributed by atoms with Gasteiger partial charge in [-0.3, -0.25) is 4.79 Å². The van der Waals surface area contributed by atoms with E-state index in [1.54, 1.807) is 19.1 Å². The second-order valence-corrected chi connectivity index (χ2v) is 4.05. The average Bonchev–Trinajstić information content (AvgIpc) is 2.37. The van der Waals surface area contributed by atoms with E-state index in [0.717, 1.165) is 5.56 Å². The third-order valence-corrected chi connectivity index (χ3v) is 2.91. The lowest BCUT2D eigenvalue weighted by Gasteiger charge is -2.14. The van der Waals surface area contributed by atoms with Crippen LogP contribution in [0.5, 0.6) is 0 Å². The Balaban J connectivity index is 2.88. The Morgan fingerprint density at radius 2 is 2.17 bits per heavy atom. The van der Waals surface area contributed by atoms with E-state index in [1.807, 2.05) is 0 Å². The summed E-state index contributed by atoms with van der Waals surface area (Å²) in [4.78, 5) is 23.1. The monoisotopic (exact) mass is 271 g/mol. The molecule has 0 radical (unpaired) electrons. The molecule has 1 rings (SSSR count). The fourth-order valence-electron chi connectivity index (χ4n) is 1.38. The fraction of sp³-hybridized carbons (Fsp3) is 0.333. The maximum atomic E-state index is 11.9. The molecule has 5 nitrogen and oxygen atoms in total. The molecule has 0 aliphatic heterocycles. The van der Waals surface area contributed by atoms with Gasteiger partial charge in [0.2, 0.25) is 0 Å². The summed E-state index contributed by atoms with van der Waals surface area (Å²) < 4.78 is 4.45. The Bertz CT molecular complexity index is 461. The maximum Gasteiger partial charge on any atom is 0.330 e. The van der Waals surface area contributed by atoms with E-state index in [1.165, 1.54) is 13.2 Å². The van der Waals surface area contributed by atoms with Crippen molar-refractivity contribution in [1.29, 1.82) is 0 Å². The second kappa shape index (κ2) is 6.37. The number of amides is 1. The predicted molar refractivity (Wildman–Crippen MR) is 66.5 cm³/mol. The number of carbonyl (C=O) groups is 2. The Kier molecular flexibility index (Phi) is 5.12. The van der Waals surface area contributed by atoms with Gasteiger partial charge < -0.3 is 15.2 Å². The van der Waals surface area contributed by atoms with Crippen molar-refractivity contribution >= 4 is 23.5 Å². The Labute approximate surface area is 110 Å². The highest BCUT2D eigenvalue weighted by molar-refractivity contribution is 6.34. The van der Waals surface area contributed by atoms with Crippen LogP contribution in [0.1, 0.15) is 15.9 Å². The number of nitrogens with one attached hydrogen (secondary N) is 1. The molecule has 1 aromatic carbocycles. The van der Waals surface area contributed by atoms with Crippen LogP contribution < -0.4 is 5.32 Å². The zero-order valence-corrected chi connectivity index (χ0v) is 10.8. The van der Waals surface area contributed by atoms with Crippen molar-refractivity contribution in [3.8, 4) is 0 Å². The summed E-state index contributed by atoms with van der Waals surface area (Å²) >= 11 is 5.99. The summed E-state index contributed by atoms with van der Waals surface area (Å²) in [6.45, 7) is 1.23. The predicted octanol–water partition coefficient (Wildman–Crippen LogP) is 0.912. The first kappa shape index (κ1) is 14.5. The van der Waals surface area contributed by atoms with E-state index in [2.05, 4.69) is 10.1 Å². The standard InChI is InChI=1S/C12H14ClNO4/c1-7-4-3-5-8(10(7)13)11(16)14-9(6-15)12(17)18-2/h3-5,9,15H,6H2,1-2H3,(H,14,16). The van der Waals surface area contributed by atoms with E-state index in [-0.39, 0.29) is 5.56 Å². The van der Waals surface area contributed by atoms with Gasteiger partial charge in [-0.1, -0.05) is 23.7 Å². The van der Waals surface area contributed by atoms with Crippen LogP contribution in [0.25, 0.3) is 0 Å². The van der Waals surface area contributed by atoms with E-state index < -0.39 is 24.5 Å². The highest BCUT2D eigenvalue weighted by Gasteiger charge is 2.22. The normalized spacial score (nSPS) is 11.8. The Hall–Kier alpha value is -1.59. The molecule has 2 N–H and O–H groups in total. The van der Waals surface area contributed by atoms with Gasteiger partial charge in [-0.05, 0) is 18.6 Å². The molecule has 1 amide bonds. The molecule has 1 unspecified atom stereocenters. The summed E-state index contributed by atoms with van der Waals surface area (Å²) in [6, 6.07) is 3.89. The van der Waals surface area contributed by atoms with Gasteiger partial charge in [0, 0.05) is 0 Å². The van der Waals surface area contributed by atoms with Crippen LogP contribution in [0.2, 0.25) is 5.02 Å². The number of rotatable bonds is 4. The number of ether oxygens (including phenoxy) is 1. The van der Waals surface area contributed by atoms with E-state index >= 15 is 0 Å². The molecule has 1 aromatic rings. The number of hydrogen-bond acceptors (Lipinski definition) is 4. The zero-order chi connectivity index (χ0) is 13.7. The number of aliphatic hydroxyl groups excluding tert-OH is 1. The molecule has 0 aliphatic carbocycles. The molecule has 0 saturated carbocycles. The number of methoxy groups -OCH3 is 1. The topological polar surface area (TPSA) is 75.6 Å². The molecular weight excluding hydrogens is 258 g/mol. The Morgan fingerprint density at radius 1 is 1.50 bits per heavy atom.